The predicted octanol–water partition coefficient (Wildman–Crippen LogP) is 5.43. The van der Waals surface area contributed by atoms with Crippen molar-refractivity contribution in [1.82, 2.24) is 0 Å². The van der Waals surface area contributed by atoms with Crippen LogP contribution < -0.4 is 0 Å². The normalized spacial score (nSPS) is 20.9. The summed E-state index contributed by atoms with van der Waals surface area (Å²) in [4.78, 5) is 10.3. The molecule has 0 spiro atoms. The van der Waals surface area contributed by atoms with Crippen molar-refractivity contribution in [2.75, 3.05) is 0 Å². The lowest BCUT2D eigenvalue weighted by Crippen LogP contribution is -1.92. The lowest BCUT2D eigenvalue weighted by atomic mass is 10.1. The van der Waals surface area contributed by atoms with Crippen LogP contribution in [0.2, 0.25) is 0 Å². The van der Waals surface area contributed by atoms with Gasteiger partial charge in [-0.05, 0) is 44.9 Å². The van der Waals surface area contributed by atoms with E-state index < -0.39 is 5.97 Å². The molecule has 2 atom stereocenters. The fourth-order valence-electron chi connectivity index (χ4n) is 2.44. The van der Waals surface area contributed by atoms with Gasteiger partial charge in [-0.25, -0.2) is 0 Å². The van der Waals surface area contributed by atoms with Crippen LogP contribution in [0.1, 0.15) is 71.1 Å². The van der Waals surface area contributed by atoms with Gasteiger partial charge >= 0.3 is 5.97 Å². The molecule has 0 aliphatic carbocycles. The van der Waals surface area contributed by atoms with E-state index in [1.807, 2.05) is 0 Å². The Morgan fingerprint density at radius 3 is 2.22 bits per heavy atom. The van der Waals surface area contributed by atoms with Crippen molar-refractivity contribution < 1.29 is 14.6 Å². The van der Waals surface area contributed by atoms with Gasteiger partial charge in [-0.15, -0.1) is 0 Å². The van der Waals surface area contributed by atoms with E-state index >= 15 is 0 Å². The summed E-state index contributed by atoms with van der Waals surface area (Å²) in [5.41, 5.74) is 0. The summed E-state index contributed by atoms with van der Waals surface area (Å²) in [6.07, 6.45) is 23.8. The SMILES string of the molecule is CCCCC/C=C/C[C@@H]1O[C@H]1C/C=C/C/C=C/CCCC(=O)O. The first-order valence-electron chi connectivity index (χ1n) is 9.06. The van der Waals surface area contributed by atoms with Crippen LogP contribution in [0, 0.1) is 0 Å². The molecule has 1 aliphatic heterocycles. The fourth-order valence-corrected chi connectivity index (χ4v) is 2.44. The molecule has 0 unspecified atom stereocenters. The van der Waals surface area contributed by atoms with Crippen molar-refractivity contribution >= 4 is 5.97 Å². The van der Waals surface area contributed by atoms with Crippen LogP contribution in [0.25, 0.3) is 0 Å². The second kappa shape index (κ2) is 13.1. The Bertz CT molecular complexity index is 396. The van der Waals surface area contributed by atoms with Crippen LogP contribution in [0.3, 0.4) is 0 Å². The van der Waals surface area contributed by atoms with Crippen LogP contribution >= 0.6 is 0 Å². The number of carboxylic acids is 1. The predicted molar refractivity (Wildman–Crippen MR) is 95.6 cm³/mol. The third kappa shape index (κ3) is 11.8. The minimum atomic E-state index is -0.715. The number of epoxide rings is 1. The first-order valence-corrected chi connectivity index (χ1v) is 9.06. The Labute approximate surface area is 141 Å². The fraction of sp³-hybridized carbons (Fsp3) is 0.650. The lowest BCUT2D eigenvalue weighted by molar-refractivity contribution is -0.137. The van der Waals surface area contributed by atoms with Gasteiger partial charge in [-0.3, -0.25) is 4.79 Å². The molecule has 1 N–H and O–H groups in total. The van der Waals surface area contributed by atoms with E-state index in [2.05, 4.69) is 43.4 Å². The molecule has 0 aromatic rings. The second-order valence-electron chi connectivity index (χ2n) is 6.12. The molecular weight excluding hydrogens is 288 g/mol. The molecule has 0 bridgehead atoms. The number of hydrogen-bond donors (Lipinski definition) is 1. The van der Waals surface area contributed by atoms with Gasteiger partial charge in [0.25, 0.3) is 0 Å². The molecule has 0 radical (unpaired) electrons. The van der Waals surface area contributed by atoms with Crippen molar-refractivity contribution in [3.05, 3.63) is 36.5 Å². The van der Waals surface area contributed by atoms with Crippen molar-refractivity contribution in [2.45, 2.75) is 83.3 Å². The van der Waals surface area contributed by atoms with E-state index in [9.17, 15) is 4.79 Å². The average molecular weight is 320 g/mol. The van der Waals surface area contributed by atoms with Crippen molar-refractivity contribution in [3.8, 4) is 0 Å². The zero-order valence-electron chi connectivity index (χ0n) is 14.5. The number of unbranched alkanes of at least 4 members (excludes halogenated alkanes) is 4. The highest BCUT2D eigenvalue weighted by molar-refractivity contribution is 5.66. The van der Waals surface area contributed by atoms with Crippen LogP contribution in [0.4, 0.5) is 0 Å². The Hall–Kier alpha value is -1.35. The Balaban J connectivity index is 1.92. The van der Waals surface area contributed by atoms with Crippen molar-refractivity contribution in [2.24, 2.45) is 0 Å². The second-order valence-corrected chi connectivity index (χ2v) is 6.12. The highest BCUT2D eigenvalue weighted by Gasteiger charge is 2.35. The van der Waals surface area contributed by atoms with E-state index in [1.54, 1.807) is 0 Å². The lowest BCUT2D eigenvalue weighted by Gasteiger charge is -1.91. The number of carbonyl (C=O) groups is 1. The molecule has 23 heavy (non-hydrogen) atoms. The molecule has 1 fully saturated rings. The highest BCUT2D eigenvalue weighted by atomic mass is 16.6. The van der Waals surface area contributed by atoms with Gasteiger partial charge in [-0.1, -0.05) is 56.2 Å². The molecule has 1 saturated heterocycles. The number of ether oxygens (including phenoxy) is 1. The van der Waals surface area contributed by atoms with Crippen LogP contribution in [0.15, 0.2) is 36.5 Å². The van der Waals surface area contributed by atoms with E-state index in [0.29, 0.717) is 12.2 Å². The summed E-state index contributed by atoms with van der Waals surface area (Å²) >= 11 is 0. The maximum Gasteiger partial charge on any atom is 0.303 e. The summed E-state index contributed by atoms with van der Waals surface area (Å²) in [6.45, 7) is 2.23. The molecule has 3 heteroatoms. The summed E-state index contributed by atoms with van der Waals surface area (Å²) in [5, 5.41) is 8.52. The first kappa shape index (κ1) is 19.7. The molecule has 3 nitrogen and oxygen atoms in total. The third-order valence-electron chi connectivity index (χ3n) is 3.93. The summed E-state index contributed by atoms with van der Waals surface area (Å²) in [6, 6.07) is 0. The van der Waals surface area contributed by atoms with Gasteiger partial charge in [0.15, 0.2) is 0 Å². The average Bonchev–Trinajstić information content (AvgIpc) is 3.27. The smallest absolute Gasteiger partial charge is 0.303 e. The van der Waals surface area contributed by atoms with Crippen LogP contribution in [-0.4, -0.2) is 23.3 Å². The Kier molecular flexibility index (Phi) is 11.2. The van der Waals surface area contributed by atoms with Crippen molar-refractivity contribution in [1.29, 1.82) is 0 Å². The molecule has 0 amide bonds. The molecule has 130 valence electrons. The van der Waals surface area contributed by atoms with E-state index in [4.69, 9.17) is 9.84 Å². The minimum Gasteiger partial charge on any atom is -0.481 e. The topological polar surface area (TPSA) is 49.8 Å². The minimum absolute atomic E-state index is 0.258. The van der Waals surface area contributed by atoms with Crippen LogP contribution in [0.5, 0.6) is 0 Å². The molecular formula is C20H32O3. The summed E-state index contributed by atoms with van der Waals surface area (Å²) in [7, 11) is 0. The van der Waals surface area contributed by atoms with Gasteiger partial charge in [0.1, 0.15) is 0 Å². The van der Waals surface area contributed by atoms with Crippen LogP contribution in [-0.2, 0) is 9.53 Å². The summed E-state index contributed by atoms with van der Waals surface area (Å²) in [5.74, 6) is -0.715. The Morgan fingerprint density at radius 2 is 1.52 bits per heavy atom. The van der Waals surface area contributed by atoms with Gasteiger partial charge < -0.3 is 9.84 Å². The number of hydrogen-bond acceptors (Lipinski definition) is 2. The Morgan fingerprint density at radius 1 is 0.913 bits per heavy atom. The molecule has 1 aliphatic rings. The molecule has 0 saturated carbocycles. The first-order chi connectivity index (χ1) is 11.2. The molecule has 1 rings (SSSR count). The van der Waals surface area contributed by atoms with E-state index in [1.165, 1.54) is 25.7 Å². The zero-order valence-corrected chi connectivity index (χ0v) is 14.5. The maximum atomic E-state index is 10.3. The number of allylic oxidation sites excluding steroid dienone is 4. The van der Waals surface area contributed by atoms with E-state index in [0.717, 1.165) is 32.1 Å². The summed E-state index contributed by atoms with van der Waals surface area (Å²) < 4.78 is 5.65. The number of rotatable bonds is 14. The molecule has 0 aromatic carbocycles. The van der Waals surface area contributed by atoms with Gasteiger partial charge in [-0.2, -0.15) is 0 Å². The number of carboxylic acid groups (broad SMARTS) is 1. The maximum absolute atomic E-state index is 10.3. The van der Waals surface area contributed by atoms with Gasteiger partial charge in [0.05, 0.1) is 12.2 Å². The molecule has 1 heterocycles. The van der Waals surface area contributed by atoms with Crippen molar-refractivity contribution in [3.63, 3.8) is 0 Å². The zero-order chi connectivity index (χ0) is 16.8. The highest BCUT2D eigenvalue weighted by Crippen LogP contribution is 2.29. The quantitative estimate of drug-likeness (QED) is 0.264. The monoisotopic (exact) mass is 320 g/mol. The van der Waals surface area contributed by atoms with Gasteiger partial charge in [0, 0.05) is 6.42 Å². The van der Waals surface area contributed by atoms with Gasteiger partial charge in [0.2, 0.25) is 0 Å². The number of aliphatic carboxylic acids is 1. The largest absolute Gasteiger partial charge is 0.481 e. The standard InChI is InChI=1S/C20H32O3/c1-2-3-4-5-9-12-15-18-19(23-18)16-13-10-7-6-8-11-14-17-20(21)22/h6,8-10,12-13,18-19H,2-5,7,11,14-17H2,1H3,(H,21,22)/b8-6+,12-9+,13-10+/t18-,19-/m0/s1. The molecule has 0 aromatic heterocycles. The van der Waals surface area contributed by atoms with E-state index in [-0.39, 0.29) is 6.42 Å². The third-order valence-corrected chi connectivity index (χ3v) is 3.93.